The summed E-state index contributed by atoms with van der Waals surface area (Å²) in [7, 11) is 0. The maximum absolute atomic E-state index is 16.7. The van der Waals surface area contributed by atoms with Crippen LogP contribution in [0.5, 0.6) is 11.9 Å². The van der Waals surface area contributed by atoms with Crippen molar-refractivity contribution in [2.24, 2.45) is 0 Å². The molecule has 3 aromatic rings. The number of anilines is 2. The Labute approximate surface area is 270 Å². The molecular weight excluding hydrogens is 680 g/mol. The highest BCUT2D eigenvalue weighted by Gasteiger charge is 2.60. The molecule has 0 aliphatic carbocycles. The fourth-order valence-electron chi connectivity index (χ4n) is 8.17. The Morgan fingerprint density at radius 2 is 1.84 bits per heavy atom. The number of hydrogen-bond acceptors (Lipinski definition) is 9. The van der Waals surface area contributed by atoms with Crippen molar-refractivity contribution < 1.29 is 53.4 Å². The first kappa shape index (κ1) is 32.3. The molecule has 0 amide bonds. The standard InChI is InChI=1S/C30H27F10N7O2/c1-11-17(29(35,36)37)13(6-14(41)18(11)31)20-19(32)21-16-24(45-26(44-21)48-10-27-4-5-46(27)9-28(33,34)8-27)47-7-12-2-3-15(42-12)22(47)23(30(38,39)40)49-25(16)43-20/h6,12,15,22-23,42H,2-5,7-10,41H2,1H3/t12-,15+,22+,23-,27+/m1/s1. The Kier molecular flexibility index (Phi) is 6.82. The van der Waals surface area contributed by atoms with Gasteiger partial charge >= 0.3 is 18.4 Å². The first-order valence-corrected chi connectivity index (χ1v) is 15.5. The van der Waals surface area contributed by atoms with E-state index in [1.807, 2.05) is 0 Å². The van der Waals surface area contributed by atoms with Crippen LogP contribution in [0, 0.1) is 18.6 Å². The summed E-state index contributed by atoms with van der Waals surface area (Å²) in [6.45, 7) is 0.227. The van der Waals surface area contributed by atoms with Crippen LogP contribution in [0.4, 0.5) is 55.4 Å². The van der Waals surface area contributed by atoms with E-state index in [9.17, 15) is 39.5 Å². The van der Waals surface area contributed by atoms with E-state index in [0.29, 0.717) is 31.9 Å². The minimum atomic E-state index is -5.28. The lowest BCUT2D eigenvalue weighted by Crippen LogP contribution is -2.66. The second kappa shape index (κ2) is 10.3. The number of halogens is 10. The first-order chi connectivity index (χ1) is 22.9. The fourth-order valence-corrected chi connectivity index (χ4v) is 8.17. The molecule has 0 unspecified atom stereocenters. The molecule has 4 saturated heterocycles. The summed E-state index contributed by atoms with van der Waals surface area (Å²) < 4.78 is 159. The van der Waals surface area contributed by atoms with Crippen molar-refractivity contribution in [2.75, 3.05) is 36.9 Å². The van der Waals surface area contributed by atoms with E-state index in [-0.39, 0.29) is 25.0 Å². The number of nitrogens with zero attached hydrogens (tertiary/aromatic N) is 5. The van der Waals surface area contributed by atoms with Crippen LogP contribution in [0.3, 0.4) is 0 Å². The predicted molar refractivity (Wildman–Crippen MR) is 152 cm³/mol. The summed E-state index contributed by atoms with van der Waals surface area (Å²) in [6, 6.07) is -2.65. The van der Waals surface area contributed by atoms with E-state index in [1.54, 1.807) is 0 Å². The van der Waals surface area contributed by atoms with Crippen LogP contribution in [0.2, 0.25) is 0 Å². The smallest absolute Gasteiger partial charge is 0.427 e. The van der Waals surface area contributed by atoms with E-state index < -0.39 is 117 Å². The minimum absolute atomic E-state index is 0.0404. The Morgan fingerprint density at radius 1 is 1.08 bits per heavy atom. The second-order valence-corrected chi connectivity index (χ2v) is 13.4. The van der Waals surface area contributed by atoms with Gasteiger partial charge in [0.2, 0.25) is 12.0 Å². The lowest BCUT2D eigenvalue weighted by Gasteiger charge is -2.46. The Hall–Kier alpha value is -3.87. The molecular formula is C30H27F10N7O2. The summed E-state index contributed by atoms with van der Waals surface area (Å²) >= 11 is 0. The molecule has 3 N–H and O–H groups in total. The summed E-state index contributed by atoms with van der Waals surface area (Å²) in [4.78, 5) is 15.1. The van der Waals surface area contributed by atoms with Crippen LogP contribution in [0.1, 0.15) is 36.8 Å². The number of nitrogens with one attached hydrogen (secondary N) is 1. The van der Waals surface area contributed by atoms with Crippen LogP contribution in [-0.4, -0.2) is 88.0 Å². The quantitative estimate of drug-likeness (QED) is 0.274. The third kappa shape index (κ3) is 4.92. The number of piperazine rings is 1. The van der Waals surface area contributed by atoms with Crippen LogP contribution in [0.15, 0.2) is 6.07 Å². The lowest BCUT2D eigenvalue weighted by molar-refractivity contribution is -0.203. The third-order valence-corrected chi connectivity index (χ3v) is 10.4. The third-order valence-electron chi connectivity index (χ3n) is 10.4. The Morgan fingerprint density at radius 3 is 2.49 bits per heavy atom. The molecule has 264 valence electrons. The molecule has 49 heavy (non-hydrogen) atoms. The lowest BCUT2D eigenvalue weighted by atomic mass is 9.85. The average molecular weight is 708 g/mol. The number of nitrogen functional groups attached to an aromatic ring is 1. The highest BCUT2D eigenvalue weighted by molar-refractivity contribution is 5.97. The van der Waals surface area contributed by atoms with Gasteiger partial charge in [-0.15, -0.1) is 0 Å². The van der Waals surface area contributed by atoms with Gasteiger partial charge in [0, 0.05) is 37.2 Å². The number of hydrogen-bond donors (Lipinski definition) is 2. The number of alkyl halides is 8. The number of ether oxygens (including phenoxy) is 2. The molecule has 19 heteroatoms. The maximum atomic E-state index is 16.7. The number of nitrogens with two attached hydrogens (primary N) is 1. The molecule has 1 aromatic carbocycles. The maximum Gasteiger partial charge on any atom is 0.427 e. The molecule has 5 aliphatic heterocycles. The van der Waals surface area contributed by atoms with Gasteiger partial charge in [0.1, 0.15) is 34.8 Å². The Balaban J connectivity index is 1.36. The molecule has 0 saturated carbocycles. The minimum Gasteiger partial charge on any atom is -0.462 e. The number of fused-ring (bicyclic) bond motifs is 6. The van der Waals surface area contributed by atoms with Gasteiger partial charge in [-0.05, 0) is 37.8 Å². The monoisotopic (exact) mass is 707 g/mol. The molecule has 0 spiro atoms. The summed E-state index contributed by atoms with van der Waals surface area (Å²) in [5, 5.41) is 2.67. The molecule has 5 atom stereocenters. The van der Waals surface area contributed by atoms with Crippen molar-refractivity contribution in [2.45, 2.75) is 80.7 Å². The zero-order valence-corrected chi connectivity index (χ0v) is 25.5. The fraction of sp³-hybridized carbons (Fsp3) is 0.567. The number of pyridine rings is 1. The highest BCUT2D eigenvalue weighted by Crippen LogP contribution is 2.50. The van der Waals surface area contributed by atoms with E-state index in [1.165, 1.54) is 9.80 Å². The van der Waals surface area contributed by atoms with Gasteiger partial charge in [-0.1, -0.05) is 0 Å². The molecule has 2 bridgehead atoms. The zero-order chi connectivity index (χ0) is 35.0. The first-order valence-electron chi connectivity index (χ1n) is 15.5. The van der Waals surface area contributed by atoms with Crippen molar-refractivity contribution in [3.8, 4) is 23.1 Å². The molecule has 2 aromatic heterocycles. The summed E-state index contributed by atoms with van der Waals surface area (Å²) in [5.74, 6) is -7.13. The van der Waals surface area contributed by atoms with Crippen molar-refractivity contribution in [3.05, 3.63) is 28.8 Å². The van der Waals surface area contributed by atoms with E-state index >= 15 is 4.39 Å². The number of aromatic nitrogens is 3. The molecule has 8 rings (SSSR count). The van der Waals surface area contributed by atoms with Crippen molar-refractivity contribution in [3.63, 3.8) is 0 Å². The van der Waals surface area contributed by atoms with Crippen LogP contribution < -0.4 is 25.4 Å². The molecule has 5 aliphatic rings. The summed E-state index contributed by atoms with van der Waals surface area (Å²) in [6.07, 6.45) is -12.3. The van der Waals surface area contributed by atoms with Gasteiger partial charge in [-0.3, -0.25) is 4.90 Å². The van der Waals surface area contributed by atoms with Crippen molar-refractivity contribution >= 4 is 22.4 Å². The van der Waals surface area contributed by atoms with Crippen molar-refractivity contribution in [1.29, 1.82) is 0 Å². The van der Waals surface area contributed by atoms with Gasteiger partial charge < -0.3 is 25.4 Å². The van der Waals surface area contributed by atoms with Crippen LogP contribution in [0.25, 0.3) is 22.2 Å². The summed E-state index contributed by atoms with van der Waals surface area (Å²) in [5.41, 5.74) is -1.90. The topological polar surface area (TPSA) is 102 Å². The number of rotatable bonds is 4. The predicted octanol–water partition coefficient (Wildman–Crippen LogP) is 5.37. The van der Waals surface area contributed by atoms with Gasteiger partial charge in [-0.25, -0.2) is 22.5 Å². The van der Waals surface area contributed by atoms with Gasteiger partial charge in [-0.2, -0.15) is 36.3 Å². The van der Waals surface area contributed by atoms with Crippen LogP contribution in [-0.2, 0) is 6.18 Å². The SMILES string of the molecule is Cc1c(F)c(N)cc(-c2nc3c4c(nc(OC[C@@]56CCN5CC(F)(F)C6)nc4c2F)N2C[C@H]4CC[C@H](N4)[C@H]2[C@H](C(F)(F)F)O3)c1C(F)(F)F. The number of benzene rings is 1. The largest absolute Gasteiger partial charge is 0.462 e. The van der Waals surface area contributed by atoms with Gasteiger partial charge in [0.25, 0.3) is 5.92 Å². The molecule has 9 nitrogen and oxygen atoms in total. The molecule has 7 heterocycles. The highest BCUT2D eigenvalue weighted by atomic mass is 19.4. The Bertz CT molecular complexity index is 1890. The zero-order valence-electron chi connectivity index (χ0n) is 25.5. The van der Waals surface area contributed by atoms with Crippen molar-refractivity contribution in [1.82, 2.24) is 25.2 Å². The van der Waals surface area contributed by atoms with Gasteiger partial charge in [0.05, 0.1) is 29.4 Å². The van der Waals surface area contributed by atoms with E-state index in [0.717, 1.165) is 6.92 Å². The normalized spacial score (nSPS) is 28.9. The van der Waals surface area contributed by atoms with Crippen LogP contribution >= 0.6 is 0 Å². The van der Waals surface area contributed by atoms with E-state index in [4.69, 9.17) is 15.2 Å². The molecule has 0 radical (unpaired) electrons. The van der Waals surface area contributed by atoms with Gasteiger partial charge in [0.15, 0.2) is 5.82 Å². The molecule has 4 fully saturated rings. The van der Waals surface area contributed by atoms with E-state index in [2.05, 4.69) is 20.3 Å². The average Bonchev–Trinajstić information content (AvgIpc) is 3.41. The second-order valence-electron chi connectivity index (χ2n) is 13.4.